The number of esters is 1. The van der Waals surface area contributed by atoms with Crippen LogP contribution in [0.25, 0.3) is 0 Å². The summed E-state index contributed by atoms with van der Waals surface area (Å²) in [4.78, 5) is 45.4. The number of aliphatic hydroxyl groups is 1. The molecule has 36 heavy (non-hydrogen) atoms. The van der Waals surface area contributed by atoms with E-state index in [2.05, 4.69) is 0 Å². The molecule has 8 heteroatoms. The number of nitrogens with zero attached hydrogens (tertiary/aromatic N) is 2. The first-order valence-electron chi connectivity index (χ1n) is 13.8. The van der Waals surface area contributed by atoms with Gasteiger partial charge in [0.25, 0.3) is 0 Å². The number of carbonyl (C=O) groups excluding carboxylic acids is 3. The van der Waals surface area contributed by atoms with Crippen LogP contribution in [0.5, 0.6) is 0 Å². The Bertz CT molecular complexity index is 925. The molecule has 4 heterocycles. The average Bonchev–Trinajstić information content (AvgIpc) is 3.28. The van der Waals surface area contributed by atoms with Crippen molar-refractivity contribution in [3.63, 3.8) is 0 Å². The molecule has 5 aliphatic rings. The first kappa shape index (κ1) is 25.5. The molecule has 4 aliphatic heterocycles. The van der Waals surface area contributed by atoms with Crippen LogP contribution in [0.3, 0.4) is 0 Å². The highest BCUT2D eigenvalue weighted by molar-refractivity contribution is 5.99. The SMILES string of the molecule is CC(C)C[C@H](CO)N1C(=O)[C@@H]2[C@H]3C(=O)OCCC/C=C\[C@H]3O[C@@]23C=CCN(C2CCCCC2)C(=O)C13. The molecular weight excluding hydrogens is 460 g/mol. The van der Waals surface area contributed by atoms with Crippen molar-refractivity contribution >= 4 is 17.8 Å². The van der Waals surface area contributed by atoms with Crippen molar-refractivity contribution < 1.29 is 29.0 Å². The second kappa shape index (κ2) is 10.3. The van der Waals surface area contributed by atoms with E-state index in [1.807, 2.05) is 43.1 Å². The standard InChI is InChI=1S/C28H40N2O6/c1-18(2)16-20(17-31)30-24-26(33)29(19-10-5-3-6-11-19)14-9-13-28(24)23(25(30)32)22-21(36-28)12-7-4-8-15-35-27(22)34/h7,9,12-13,18-24,31H,3-6,8,10-11,14-17H2,1-2H3/b12-7-/t20-,21-,22+,23+,24?,28+/m1/s1. The molecule has 6 atom stereocenters. The zero-order valence-corrected chi connectivity index (χ0v) is 21.5. The molecule has 5 rings (SSSR count). The third kappa shape index (κ3) is 4.20. The number of rotatable bonds is 5. The van der Waals surface area contributed by atoms with Crippen molar-refractivity contribution in [2.24, 2.45) is 17.8 Å². The second-order valence-corrected chi connectivity index (χ2v) is 11.5. The molecule has 2 saturated heterocycles. The van der Waals surface area contributed by atoms with Gasteiger partial charge in [0.05, 0.1) is 31.3 Å². The van der Waals surface area contributed by atoms with Crippen LogP contribution in [0, 0.1) is 17.8 Å². The predicted molar refractivity (Wildman–Crippen MR) is 133 cm³/mol. The van der Waals surface area contributed by atoms with Crippen molar-refractivity contribution in [1.82, 2.24) is 9.80 Å². The third-order valence-electron chi connectivity index (χ3n) is 8.68. The fraction of sp³-hybridized carbons (Fsp3) is 0.750. The van der Waals surface area contributed by atoms with Gasteiger partial charge < -0.3 is 24.4 Å². The van der Waals surface area contributed by atoms with Crippen LogP contribution < -0.4 is 0 Å². The van der Waals surface area contributed by atoms with E-state index < -0.39 is 41.6 Å². The summed E-state index contributed by atoms with van der Waals surface area (Å²) in [6.45, 7) is 4.59. The lowest BCUT2D eigenvalue weighted by molar-refractivity contribution is -0.157. The lowest BCUT2D eigenvalue weighted by Gasteiger charge is -2.41. The molecule has 0 radical (unpaired) electrons. The van der Waals surface area contributed by atoms with E-state index in [-0.39, 0.29) is 30.4 Å². The maximum Gasteiger partial charge on any atom is 0.312 e. The first-order valence-corrected chi connectivity index (χ1v) is 13.8. The maximum absolute atomic E-state index is 14.4. The fourth-order valence-corrected chi connectivity index (χ4v) is 7.14. The van der Waals surface area contributed by atoms with Gasteiger partial charge in [-0.1, -0.05) is 57.4 Å². The Balaban J connectivity index is 1.60. The van der Waals surface area contributed by atoms with Crippen LogP contribution in [0.4, 0.5) is 0 Å². The quantitative estimate of drug-likeness (QED) is 0.461. The third-order valence-corrected chi connectivity index (χ3v) is 8.68. The number of cyclic esters (lactones) is 1. The van der Waals surface area contributed by atoms with Gasteiger partial charge in [-0.15, -0.1) is 0 Å². The molecule has 8 nitrogen and oxygen atoms in total. The molecule has 0 aromatic rings. The number of hydrogen-bond donors (Lipinski definition) is 1. The smallest absolute Gasteiger partial charge is 0.312 e. The summed E-state index contributed by atoms with van der Waals surface area (Å²) in [5.74, 6) is -2.34. The molecule has 0 aromatic heterocycles. The minimum absolute atomic E-state index is 0.128. The lowest BCUT2D eigenvalue weighted by atomic mass is 9.78. The van der Waals surface area contributed by atoms with E-state index in [1.54, 1.807) is 4.90 Å². The molecule has 2 amide bonds. The summed E-state index contributed by atoms with van der Waals surface area (Å²) in [6.07, 6.45) is 14.3. The van der Waals surface area contributed by atoms with E-state index in [0.29, 0.717) is 19.6 Å². The van der Waals surface area contributed by atoms with Crippen molar-refractivity contribution in [2.75, 3.05) is 19.8 Å². The van der Waals surface area contributed by atoms with Gasteiger partial charge in [0.2, 0.25) is 11.8 Å². The van der Waals surface area contributed by atoms with E-state index in [1.165, 1.54) is 6.42 Å². The monoisotopic (exact) mass is 500 g/mol. The highest BCUT2D eigenvalue weighted by Crippen LogP contribution is 2.54. The van der Waals surface area contributed by atoms with Gasteiger partial charge in [0, 0.05) is 12.6 Å². The normalized spacial score (nSPS) is 36.9. The van der Waals surface area contributed by atoms with E-state index in [0.717, 1.165) is 38.5 Å². The fourth-order valence-electron chi connectivity index (χ4n) is 7.14. The molecule has 0 aromatic carbocycles. The van der Waals surface area contributed by atoms with Crippen molar-refractivity contribution in [2.45, 2.75) is 95.0 Å². The topological polar surface area (TPSA) is 96.4 Å². The Morgan fingerprint density at radius 1 is 1.08 bits per heavy atom. The maximum atomic E-state index is 14.4. The number of allylic oxidation sites excluding steroid dienone is 1. The van der Waals surface area contributed by atoms with Crippen LogP contribution in [-0.4, -0.2) is 82.3 Å². The highest BCUT2D eigenvalue weighted by atomic mass is 16.6. The minimum atomic E-state index is -1.26. The van der Waals surface area contributed by atoms with Crippen LogP contribution in [0.1, 0.15) is 65.2 Å². The average molecular weight is 501 g/mol. The van der Waals surface area contributed by atoms with Gasteiger partial charge in [0.1, 0.15) is 17.6 Å². The van der Waals surface area contributed by atoms with Crippen molar-refractivity contribution in [3.8, 4) is 0 Å². The predicted octanol–water partition coefficient (Wildman–Crippen LogP) is 2.60. The highest BCUT2D eigenvalue weighted by Gasteiger charge is 2.72. The van der Waals surface area contributed by atoms with Crippen LogP contribution in [0.2, 0.25) is 0 Å². The van der Waals surface area contributed by atoms with Crippen LogP contribution in [-0.2, 0) is 23.9 Å². The largest absolute Gasteiger partial charge is 0.465 e. The Hall–Kier alpha value is -2.19. The molecule has 1 saturated carbocycles. The Labute approximate surface area is 213 Å². The summed E-state index contributed by atoms with van der Waals surface area (Å²) in [7, 11) is 0. The minimum Gasteiger partial charge on any atom is -0.465 e. The number of hydrogen-bond acceptors (Lipinski definition) is 6. The van der Waals surface area contributed by atoms with E-state index in [4.69, 9.17) is 9.47 Å². The molecule has 1 aliphatic carbocycles. The van der Waals surface area contributed by atoms with E-state index >= 15 is 0 Å². The molecule has 3 fully saturated rings. The second-order valence-electron chi connectivity index (χ2n) is 11.5. The summed E-state index contributed by atoms with van der Waals surface area (Å²) in [5, 5.41) is 10.4. The summed E-state index contributed by atoms with van der Waals surface area (Å²) >= 11 is 0. The number of fused-ring (bicyclic) bond motifs is 2. The van der Waals surface area contributed by atoms with Crippen LogP contribution >= 0.6 is 0 Å². The zero-order valence-electron chi connectivity index (χ0n) is 21.5. The number of ether oxygens (including phenoxy) is 2. The number of likely N-dealkylation sites (tertiary alicyclic amines) is 1. The van der Waals surface area contributed by atoms with Gasteiger partial charge in [-0.2, -0.15) is 0 Å². The van der Waals surface area contributed by atoms with Gasteiger partial charge in [-0.25, -0.2) is 0 Å². The number of carbonyl (C=O) groups is 3. The molecule has 1 spiro atoms. The first-order chi connectivity index (χ1) is 17.4. The van der Waals surface area contributed by atoms with Crippen LogP contribution in [0.15, 0.2) is 24.3 Å². The molecule has 1 unspecified atom stereocenters. The Morgan fingerprint density at radius 3 is 2.58 bits per heavy atom. The summed E-state index contributed by atoms with van der Waals surface area (Å²) < 4.78 is 12.2. The van der Waals surface area contributed by atoms with Gasteiger partial charge >= 0.3 is 5.97 Å². The van der Waals surface area contributed by atoms with Gasteiger partial charge in [0.15, 0.2) is 0 Å². The Morgan fingerprint density at radius 2 is 1.86 bits per heavy atom. The molecule has 0 bridgehead atoms. The lowest BCUT2D eigenvalue weighted by Crippen LogP contribution is -2.59. The molecule has 1 N–H and O–H groups in total. The molecular formula is C28H40N2O6. The van der Waals surface area contributed by atoms with Crippen molar-refractivity contribution in [1.29, 1.82) is 0 Å². The van der Waals surface area contributed by atoms with Gasteiger partial charge in [-0.3, -0.25) is 14.4 Å². The summed E-state index contributed by atoms with van der Waals surface area (Å²) in [6, 6.07) is -1.31. The molecule has 198 valence electrons. The van der Waals surface area contributed by atoms with Crippen molar-refractivity contribution in [3.05, 3.63) is 24.3 Å². The number of aliphatic hydroxyl groups excluding tert-OH is 1. The van der Waals surface area contributed by atoms with E-state index in [9.17, 15) is 19.5 Å². The number of amides is 2. The van der Waals surface area contributed by atoms with Gasteiger partial charge in [-0.05, 0) is 38.0 Å². The summed E-state index contributed by atoms with van der Waals surface area (Å²) in [5.41, 5.74) is -1.26. The zero-order chi connectivity index (χ0) is 25.4. The Kier molecular flexibility index (Phi) is 7.27.